The number of nitrogens with zero attached hydrogens (tertiary/aromatic N) is 1. The molecule has 0 bridgehead atoms. The largest absolute Gasteiger partial charge is 0.478 e. The zero-order chi connectivity index (χ0) is 13.8. The number of hydrogen-bond donors (Lipinski definition) is 2. The van der Waals surface area contributed by atoms with Gasteiger partial charge in [-0.05, 0) is 57.1 Å². The third-order valence-corrected chi connectivity index (χ3v) is 3.63. The van der Waals surface area contributed by atoms with E-state index in [9.17, 15) is 9.18 Å². The Morgan fingerprint density at radius 2 is 2.16 bits per heavy atom. The first kappa shape index (κ1) is 13.8. The minimum absolute atomic E-state index is 0.284. The Kier molecular flexibility index (Phi) is 4.37. The van der Waals surface area contributed by atoms with E-state index in [1.54, 1.807) is 6.07 Å². The summed E-state index contributed by atoms with van der Waals surface area (Å²) in [6.07, 6.45) is 2.27. The maximum atomic E-state index is 13.2. The van der Waals surface area contributed by atoms with Crippen LogP contribution in [-0.2, 0) is 0 Å². The second-order valence-corrected chi connectivity index (χ2v) is 5.13. The Labute approximate surface area is 112 Å². The van der Waals surface area contributed by atoms with Gasteiger partial charge in [0, 0.05) is 12.2 Å². The Bertz CT molecular complexity index is 457. The molecule has 0 aliphatic carbocycles. The van der Waals surface area contributed by atoms with E-state index in [1.165, 1.54) is 12.1 Å². The first-order valence-electron chi connectivity index (χ1n) is 6.51. The summed E-state index contributed by atoms with van der Waals surface area (Å²) in [7, 11) is 2.11. The highest BCUT2D eigenvalue weighted by molar-refractivity contribution is 5.89. The predicted molar refractivity (Wildman–Crippen MR) is 72.1 cm³/mol. The van der Waals surface area contributed by atoms with E-state index in [0.717, 1.165) is 32.5 Å². The van der Waals surface area contributed by atoms with Crippen molar-refractivity contribution >= 4 is 11.7 Å². The van der Waals surface area contributed by atoms with Crippen molar-refractivity contribution in [1.82, 2.24) is 4.90 Å². The van der Waals surface area contributed by atoms with Gasteiger partial charge in [0.2, 0.25) is 0 Å². The molecule has 1 fully saturated rings. The molecule has 0 atom stereocenters. The number of aromatic carboxylic acids is 1. The predicted octanol–water partition coefficient (Wildman–Crippen LogP) is 2.28. The molecule has 0 saturated carbocycles. The summed E-state index contributed by atoms with van der Waals surface area (Å²) >= 11 is 0. The molecular weight excluding hydrogens is 247 g/mol. The van der Waals surface area contributed by atoms with Crippen LogP contribution in [0.25, 0.3) is 0 Å². The van der Waals surface area contributed by atoms with Crippen LogP contribution in [0.1, 0.15) is 23.2 Å². The summed E-state index contributed by atoms with van der Waals surface area (Å²) in [5, 5.41) is 12.1. The topological polar surface area (TPSA) is 52.6 Å². The molecule has 0 radical (unpaired) electrons. The molecule has 19 heavy (non-hydrogen) atoms. The van der Waals surface area contributed by atoms with Crippen molar-refractivity contribution < 1.29 is 14.3 Å². The lowest BCUT2D eigenvalue weighted by Crippen LogP contribution is -2.32. The van der Waals surface area contributed by atoms with Crippen molar-refractivity contribution in [1.29, 1.82) is 0 Å². The normalized spacial score (nSPS) is 17.4. The fourth-order valence-electron chi connectivity index (χ4n) is 2.33. The number of hydrogen-bond acceptors (Lipinski definition) is 3. The molecule has 1 heterocycles. The minimum atomic E-state index is -1.24. The summed E-state index contributed by atoms with van der Waals surface area (Å²) in [6.45, 7) is 2.99. The second-order valence-electron chi connectivity index (χ2n) is 5.13. The van der Waals surface area contributed by atoms with E-state index in [2.05, 4.69) is 17.3 Å². The van der Waals surface area contributed by atoms with Crippen LogP contribution in [0.2, 0.25) is 0 Å². The number of piperidine rings is 1. The molecule has 1 aliphatic rings. The van der Waals surface area contributed by atoms with E-state index in [0.29, 0.717) is 11.6 Å². The molecule has 1 aromatic rings. The Morgan fingerprint density at radius 1 is 1.47 bits per heavy atom. The smallest absolute Gasteiger partial charge is 0.338 e. The van der Waals surface area contributed by atoms with E-state index in [1.807, 2.05) is 0 Å². The van der Waals surface area contributed by atoms with Crippen molar-refractivity contribution in [2.24, 2.45) is 5.92 Å². The maximum Gasteiger partial charge on any atom is 0.338 e. The van der Waals surface area contributed by atoms with Gasteiger partial charge < -0.3 is 15.3 Å². The highest BCUT2D eigenvalue weighted by Crippen LogP contribution is 2.19. The molecule has 1 saturated heterocycles. The van der Waals surface area contributed by atoms with Crippen LogP contribution in [0.5, 0.6) is 0 Å². The number of nitrogens with one attached hydrogen (secondary N) is 1. The van der Waals surface area contributed by atoms with Gasteiger partial charge in [-0.2, -0.15) is 0 Å². The maximum absolute atomic E-state index is 13.2. The summed E-state index contributed by atoms with van der Waals surface area (Å²) in [4.78, 5) is 13.1. The molecule has 1 aliphatic heterocycles. The van der Waals surface area contributed by atoms with Gasteiger partial charge in [0.05, 0.1) is 5.56 Å². The highest BCUT2D eigenvalue weighted by Gasteiger charge is 2.17. The van der Waals surface area contributed by atoms with Gasteiger partial charge in [0.25, 0.3) is 0 Å². The van der Waals surface area contributed by atoms with Gasteiger partial charge in [-0.15, -0.1) is 0 Å². The summed E-state index contributed by atoms with van der Waals surface area (Å²) < 4.78 is 13.2. The number of carboxylic acids is 1. The minimum Gasteiger partial charge on any atom is -0.478 e. The Morgan fingerprint density at radius 3 is 2.79 bits per heavy atom. The van der Waals surface area contributed by atoms with Crippen LogP contribution >= 0.6 is 0 Å². The third-order valence-electron chi connectivity index (χ3n) is 3.63. The lowest BCUT2D eigenvalue weighted by molar-refractivity contribution is 0.0692. The van der Waals surface area contributed by atoms with Crippen molar-refractivity contribution in [3.8, 4) is 0 Å². The van der Waals surface area contributed by atoms with Crippen molar-refractivity contribution in [3.63, 3.8) is 0 Å². The van der Waals surface area contributed by atoms with Gasteiger partial charge in [0.15, 0.2) is 0 Å². The quantitative estimate of drug-likeness (QED) is 0.878. The number of likely N-dealkylation sites (tertiary alicyclic amines) is 1. The Balaban J connectivity index is 1.92. The Hall–Kier alpha value is -1.62. The van der Waals surface area contributed by atoms with Gasteiger partial charge in [0.1, 0.15) is 5.82 Å². The summed E-state index contributed by atoms with van der Waals surface area (Å²) in [6, 6.07) is 4.13. The van der Waals surface area contributed by atoms with E-state index in [-0.39, 0.29) is 5.56 Å². The van der Waals surface area contributed by atoms with Crippen LogP contribution in [0.4, 0.5) is 10.1 Å². The van der Waals surface area contributed by atoms with E-state index < -0.39 is 11.8 Å². The molecule has 0 spiro atoms. The van der Waals surface area contributed by atoms with E-state index in [4.69, 9.17) is 5.11 Å². The number of halogens is 1. The van der Waals surface area contributed by atoms with Crippen molar-refractivity contribution in [2.75, 3.05) is 32.0 Å². The van der Waals surface area contributed by atoms with E-state index >= 15 is 0 Å². The summed E-state index contributed by atoms with van der Waals surface area (Å²) in [5.74, 6) is -1.34. The number of anilines is 1. The highest BCUT2D eigenvalue weighted by atomic mass is 19.1. The molecule has 104 valence electrons. The zero-order valence-electron chi connectivity index (χ0n) is 11.0. The molecule has 2 N–H and O–H groups in total. The van der Waals surface area contributed by atoms with Crippen LogP contribution in [-0.4, -0.2) is 42.7 Å². The van der Waals surface area contributed by atoms with Gasteiger partial charge in [-0.1, -0.05) is 0 Å². The molecule has 5 heteroatoms. The van der Waals surface area contributed by atoms with Gasteiger partial charge in [-0.25, -0.2) is 9.18 Å². The molecule has 0 unspecified atom stereocenters. The molecule has 0 aromatic heterocycles. The number of rotatable bonds is 4. The molecule has 4 nitrogen and oxygen atoms in total. The van der Waals surface area contributed by atoms with Crippen LogP contribution in [0.3, 0.4) is 0 Å². The van der Waals surface area contributed by atoms with Crippen LogP contribution < -0.4 is 5.32 Å². The second kappa shape index (κ2) is 6.02. The van der Waals surface area contributed by atoms with Crippen molar-refractivity contribution in [2.45, 2.75) is 12.8 Å². The van der Waals surface area contributed by atoms with Crippen LogP contribution in [0.15, 0.2) is 18.2 Å². The molecule has 2 rings (SSSR count). The lowest BCUT2D eigenvalue weighted by atomic mass is 9.97. The van der Waals surface area contributed by atoms with Crippen molar-refractivity contribution in [3.05, 3.63) is 29.6 Å². The molecular formula is C14H19FN2O2. The number of carbonyl (C=O) groups is 1. The summed E-state index contributed by atoms with van der Waals surface area (Å²) in [5.41, 5.74) is 0.381. The fraction of sp³-hybridized carbons (Fsp3) is 0.500. The van der Waals surface area contributed by atoms with Gasteiger partial charge >= 0.3 is 5.97 Å². The first-order chi connectivity index (χ1) is 9.06. The standard InChI is InChI=1S/C14H19FN2O2/c1-17-6-4-10(5-7-17)9-16-11-2-3-13(15)12(8-11)14(18)19/h2-3,8,10,16H,4-7,9H2,1H3,(H,18,19). The third kappa shape index (κ3) is 3.67. The first-order valence-corrected chi connectivity index (χ1v) is 6.51. The average molecular weight is 266 g/mol. The number of benzene rings is 1. The van der Waals surface area contributed by atoms with Gasteiger partial charge in [-0.3, -0.25) is 0 Å². The number of carboxylic acid groups (broad SMARTS) is 1. The lowest BCUT2D eigenvalue weighted by Gasteiger charge is -2.29. The van der Waals surface area contributed by atoms with Crippen LogP contribution in [0, 0.1) is 11.7 Å². The molecule has 1 aromatic carbocycles. The monoisotopic (exact) mass is 266 g/mol. The SMILES string of the molecule is CN1CCC(CNc2ccc(F)c(C(=O)O)c2)CC1. The fourth-order valence-corrected chi connectivity index (χ4v) is 2.33. The molecule has 0 amide bonds. The zero-order valence-corrected chi connectivity index (χ0v) is 11.0. The average Bonchev–Trinajstić information content (AvgIpc) is 2.39.